The Morgan fingerprint density at radius 3 is 2.80 bits per heavy atom. The maximum absolute atomic E-state index is 4.83. The van der Waals surface area contributed by atoms with Gasteiger partial charge in [0.25, 0.3) is 0 Å². The van der Waals surface area contributed by atoms with Crippen molar-refractivity contribution in [3.63, 3.8) is 0 Å². The minimum absolute atomic E-state index is 0.455. The van der Waals surface area contributed by atoms with Crippen molar-refractivity contribution < 1.29 is 0 Å². The molecule has 0 spiro atoms. The zero-order chi connectivity index (χ0) is 14.7. The van der Waals surface area contributed by atoms with Crippen molar-refractivity contribution in [3.8, 4) is 0 Å². The number of hydrogen-bond acceptors (Lipinski definition) is 5. The molecule has 2 rings (SSSR count). The first-order valence-corrected chi connectivity index (χ1v) is 8.34. The van der Waals surface area contributed by atoms with Crippen molar-refractivity contribution in [1.29, 1.82) is 0 Å². The molecular weight excluding hydrogens is 268 g/mol. The van der Waals surface area contributed by atoms with Crippen LogP contribution in [-0.4, -0.2) is 55.1 Å². The summed E-state index contributed by atoms with van der Waals surface area (Å²) in [4.78, 5) is 11.1. The first-order valence-electron chi connectivity index (χ1n) is 7.53. The van der Waals surface area contributed by atoms with Gasteiger partial charge in [0.05, 0.1) is 11.7 Å². The third kappa shape index (κ3) is 4.01. The quantitative estimate of drug-likeness (QED) is 0.902. The molecule has 114 valence electrons. The van der Waals surface area contributed by atoms with Gasteiger partial charge in [0, 0.05) is 31.1 Å². The Bertz CT molecular complexity index is 430. The molecule has 0 saturated carbocycles. The van der Waals surface area contributed by atoms with Crippen LogP contribution in [0.15, 0.2) is 0 Å². The zero-order valence-corrected chi connectivity index (χ0v) is 14.3. The van der Waals surface area contributed by atoms with Crippen LogP contribution >= 0.6 is 11.3 Å². The van der Waals surface area contributed by atoms with Crippen molar-refractivity contribution in [1.82, 2.24) is 20.1 Å². The van der Waals surface area contributed by atoms with Gasteiger partial charge < -0.3 is 10.2 Å². The van der Waals surface area contributed by atoms with Crippen molar-refractivity contribution in [2.24, 2.45) is 5.92 Å². The molecule has 2 heterocycles. The molecule has 1 saturated heterocycles. The monoisotopic (exact) mass is 296 g/mol. The van der Waals surface area contributed by atoms with E-state index in [4.69, 9.17) is 4.98 Å². The van der Waals surface area contributed by atoms with E-state index in [1.54, 1.807) is 0 Å². The second-order valence-electron chi connectivity index (χ2n) is 6.34. The maximum Gasteiger partial charge on any atom is 0.112 e. The number of aryl methyl sites for hydroxylation is 1. The van der Waals surface area contributed by atoms with Crippen LogP contribution in [0.1, 0.15) is 35.5 Å². The standard InChI is InChI=1S/C15H28N4S/c1-11(2)8-16-9-14-12(3)17-15(20-14)13-10-18(4)6-7-19(13)5/h11,13,16H,6-10H2,1-5H3. The molecule has 0 radical (unpaired) electrons. The third-order valence-corrected chi connectivity index (χ3v) is 5.14. The predicted molar refractivity (Wildman–Crippen MR) is 86.3 cm³/mol. The number of rotatable bonds is 5. The van der Waals surface area contributed by atoms with E-state index >= 15 is 0 Å². The number of aromatic nitrogens is 1. The van der Waals surface area contributed by atoms with Crippen LogP contribution in [0, 0.1) is 12.8 Å². The number of nitrogens with zero attached hydrogens (tertiary/aromatic N) is 3. The van der Waals surface area contributed by atoms with E-state index in [0.717, 1.165) is 32.7 Å². The minimum Gasteiger partial charge on any atom is -0.312 e. The molecule has 1 fully saturated rings. The largest absolute Gasteiger partial charge is 0.312 e. The number of thiazole rings is 1. The molecule has 20 heavy (non-hydrogen) atoms. The lowest BCUT2D eigenvalue weighted by Crippen LogP contribution is -2.44. The topological polar surface area (TPSA) is 31.4 Å². The van der Waals surface area contributed by atoms with Crippen molar-refractivity contribution in [2.45, 2.75) is 33.4 Å². The summed E-state index contributed by atoms with van der Waals surface area (Å²) in [5.41, 5.74) is 1.20. The summed E-state index contributed by atoms with van der Waals surface area (Å²) in [6.45, 7) is 12.0. The summed E-state index contributed by atoms with van der Waals surface area (Å²) in [5, 5.41) is 4.80. The van der Waals surface area contributed by atoms with Crippen LogP contribution in [0.2, 0.25) is 0 Å². The maximum atomic E-state index is 4.83. The number of piperazine rings is 1. The SMILES string of the molecule is Cc1nc(C2CN(C)CCN2C)sc1CNCC(C)C. The summed E-state index contributed by atoms with van der Waals surface area (Å²) >= 11 is 1.88. The molecule has 0 amide bonds. The molecule has 4 nitrogen and oxygen atoms in total. The molecule has 1 N–H and O–H groups in total. The fourth-order valence-corrected chi connectivity index (χ4v) is 3.70. The highest BCUT2D eigenvalue weighted by Crippen LogP contribution is 2.29. The number of hydrogen-bond donors (Lipinski definition) is 1. The molecule has 5 heteroatoms. The van der Waals surface area contributed by atoms with Crippen LogP contribution in [0.4, 0.5) is 0 Å². The molecule has 1 aromatic heterocycles. The summed E-state index contributed by atoms with van der Waals surface area (Å²) < 4.78 is 0. The Kier molecular flexibility index (Phi) is 5.55. The van der Waals surface area contributed by atoms with Gasteiger partial charge in [-0.1, -0.05) is 13.8 Å². The molecule has 0 aliphatic carbocycles. The summed E-state index contributed by atoms with van der Waals surface area (Å²) in [7, 11) is 4.41. The van der Waals surface area contributed by atoms with E-state index in [-0.39, 0.29) is 0 Å². The van der Waals surface area contributed by atoms with Gasteiger partial charge in [-0.25, -0.2) is 4.98 Å². The number of nitrogens with one attached hydrogen (secondary N) is 1. The predicted octanol–water partition coefficient (Wildman–Crippen LogP) is 2.12. The molecule has 0 bridgehead atoms. The Balaban J connectivity index is 2.02. The normalized spacial score (nSPS) is 21.8. The summed E-state index contributed by atoms with van der Waals surface area (Å²) in [5.74, 6) is 0.695. The van der Waals surface area contributed by atoms with Gasteiger partial charge in [-0.05, 0) is 33.5 Å². The fourth-order valence-electron chi connectivity index (χ4n) is 2.51. The Labute approximate surface area is 127 Å². The van der Waals surface area contributed by atoms with Gasteiger partial charge in [-0.2, -0.15) is 0 Å². The van der Waals surface area contributed by atoms with Crippen LogP contribution < -0.4 is 5.32 Å². The van der Waals surface area contributed by atoms with Gasteiger partial charge in [-0.15, -0.1) is 11.3 Å². The lowest BCUT2D eigenvalue weighted by atomic mass is 10.2. The van der Waals surface area contributed by atoms with Gasteiger partial charge in [-0.3, -0.25) is 4.90 Å². The van der Waals surface area contributed by atoms with Gasteiger partial charge >= 0.3 is 0 Å². The van der Waals surface area contributed by atoms with E-state index in [1.807, 2.05) is 11.3 Å². The third-order valence-electron chi connectivity index (χ3n) is 3.88. The Morgan fingerprint density at radius 1 is 1.35 bits per heavy atom. The average Bonchev–Trinajstić information content (AvgIpc) is 2.73. The lowest BCUT2D eigenvalue weighted by Gasteiger charge is -2.36. The minimum atomic E-state index is 0.455. The van der Waals surface area contributed by atoms with Crippen molar-refractivity contribution in [2.75, 3.05) is 40.3 Å². The average molecular weight is 296 g/mol. The molecule has 1 atom stereocenters. The fraction of sp³-hybridized carbons (Fsp3) is 0.800. The first-order chi connectivity index (χ1) is 9.47. The van der Waals surface area contributed by atoms with Crippen LogP contribution in [-0.2, 0) is 6.54 Å². The number of likely N-dealkylation sites (N-methyl/N-ethyl adjacent to an activating group) is 2. The second-order valence-corrected chi connectivity index (χ2v) is 7.46. The molecule has 1 aliphatic rings. The zero-order valence-electron chi connectivity index (χ0n) is 13.4. The van der Waals surface area contributed by atoms with E-state index in [2.05, 4.69) is 50.0 Å². The van der Waals surface area contributed by atoms with Crippen molar-refractivity contribution in [3.05, 3.63) is 15.6 Å². The van der Waals surface area contributed by atoms with E-state index in [1.165, 1.54) is 15.6 Å². The summed E-state index contributed by atoms with van der Waals surface area (Å²) in [6.07, 6.45) is 0. The highest BCUT2D eigenvalue weighted by Gasteiger charge is 2.26. The second kappa shape index (κ2) is 6.98. The Hall–Kier alpha value is -0.490. The highest BCUT2D eigenvalue weighted by molar-refractivity contribution is 7.11. The van der Waals surface area contributed by atoms with Gasteiger partial charge in [0.15, 0.2) is 0 Å². The van der Waals surface area contributed by atoms with Crippen LogP contribution in [0.3, 0.4) is 0 Å². The molecule has 0 aromatic carbocycles. The molecule has 1 aliphatic heterocycles. The molecular formula is C15H28N4S. The Morgan fingerprint density at radius 2 is 2.10 bits per heavy atom. The van der Waals surface area contributed by atoms with E-state index in [0.29, 0.717) is 12.0 Å². The smallest absolute Gasteiger partial charge is 0.112 e. The van der Waals surface area contributed by atoms with E-state index < -0.39 is 0 Å². The first kappa shape index (κ1) is 15.9. The van der Waals surface area contributed by atoms with Crippen LogP contribution in [0.25, 0.3) is 0 Å². The van der Waals surface area contributed by atoms with Gasteiger partial charge in [0.2, 0.25) is 0 Å². The lowest BCUT2D eigenvalue weighted by molar-refractivity contribution is 0.115. The van der Waals surface area contributed by atoms with Gasteiger partial charge in [0.1, 0.15) is 5.01 Å². The molecule has 1 unspecified atom stereocenters. The molecule has 1 aromatic rings. The van der Waals surface area contributed by atoms with E-state index in [9.17, 15) is 0 Å². The van der Waals surface area contributed by atoms with Crippen LogP contribution in [0.5, 0.6) is 0 Å². The summed E-state index contributed by atoms with van der Waals surface area (Å²) in [6, 6.07) is 0.455. The van der Waals surface area contributed by atoms with Crippen molar-refractivity contribution >= 4 is 11.3 Å². The highest BCUT2D eigenvalue weighted by atomic mass is 32.1.